The van der Waals surface area contributed by atoms with Crippen LogP contribution in [0.15, 0.2) is 44.0 Å². The van der Waals surface area contributed by atoms with Crippen LogP contribution in [0.3, 0.4) is 0 Å². The normalized spacial score (nSPS) is 11.3. The van der Waals surface area contributed by atoms with Crippen molar-refractivity contribution in [2.45, 2.75) is 19.9 Å². The number of hydrogen-bond acceptors (Lipinski definition) is 4. The average molecular weight is 271 g/mol. The highest BCUT2D eigenvalue weighted by molar-refractivity contribution is 5.97. The van der Waals surface area contributed by atoms with Crippen LogP contribution in [0.2, 0.25) is 0 Å². The van der Waals surface area contributed by atoms with Crippen LogP contribution < -0.4 is 10.7 Å². The standard InChI is InChI=1S/C15H13NO4/c1-8(2)16-14(18)12-7-10-13(17)9-5-3-4-6-11(9)19-15(10)20-12/h3-8H,1-2H3,(H,16,18). The van der Waals surface area contributed by atoms with E-state index >= 15 is 0 Å². The Bertz CT molecular complexity index is 857. The van der Waals surface area contributed by atoms with Gasteiger partial charge in [-0.3, -0.25) is 9.59 Å². The largest absolute Gasteiger partial charge is 0.425 e. The highest BCUT2D eigenvalue weighted by Gasteiger charge is 2.17. The highest BCUT2D eigenvalue weighted by Crippen LogP contribution is 2.21. The van der Waals surface area contributed by atoms with Gasteiger partial charge in [0.2, 0.25) is 5.43 Å². The third-order valence-electron chi connectivity index (χ3n) is 2.92. The fourth-order valence-electron chi connectivity index (χ4n) is 2.04. The SMILES string of the molecule is CC(C)NC(=O)c1cc2c(=O)c3ccccc3oc2o1. The Morgan fingerprint density at radius 1 is 1.15 bits per heavy atom. The number of amides is 1. The highest BCUT2D eigenvalue weighted by atomic mass is 16.5. The molecule has 0 bridgehead atoms. The minimum Gasteiger partial charge on any atom is -0.425 e. The Morgan fingerprint density at radius 2 is 1.90 bits per heavy atom. The number of nitrogens with one attached hydrogen (secondary N) is 1. The zero-order valence-corrected chi connectivity index (χ0v) is 11.1. The molecular weight excluding hydrogens is 258 g/mol. The van der Waals surface area contributed by atoms with Crippen molar-refractivity contribution >= 4 is 28.0 Å². The number of rotatable bonds is 2. The number of hydrogen-bond donors (Lipinski definition) is 1. The van der Waals surface area contributed by atoms with Crippen LogP contribution in [0.4, 0.5) is 0 Å². The fourth-order valence-corrected chi connectivity index (χ4v) is 2.04. The van der Waals surface area contributed by atoms with Crippen molar-refractivity contribution in [1.82, 2.24) is 5.32 Å². The van der Waals surface area contributed by atoms with Gasteiger partial charge in [0.1, 0.15) is 11.0 Å². The maximum atomic E-state index is 12.3. The molecule has 0 spiro atoms. The molecule has 5 nitrogen and oxygen atoms in total. The lowest BCUT2D eigenvalue weighted by molar-refractivity contribution is 0.0915. The predicted octanol–water partition coefficient (Wildman–Crippen LogP) is 2.68. The summed E-state index contributed by atoms with van der Waals surface area (Å²) in [4.78, 5) is 24.2. The van der Waals surface area contributed by atoms with E-state index in [1.165, 1.54) is 6.07 Å². The molecule has 2 heterocycles. The van der Waals surface area contributed by atoms with E-state index in [0.717, 1.165) is 0 Å². The quantitative estimate of drug-likeness (QED) is 0.777. The molecule has 0 aliphatic carbocycles. The predicted molar refractivity (Wildman–Crippen MR) is 74.9 cm³/mol. The maximum absolute atomic E-state index is 12.3. The number of benzene rings is 1. The molecular formula is C15H13NO4. The molecule has 0 radical (unpaired) electrons. The molecule has 0 aliphatic rings. The van der Waals surface area contributed by atoms with E-state index in [4.69, 9.17) is 8.83 Å². The lowest BCUT2D eigenvalue weighted by atomic mass is 10.2. The van der Waals surface area contributed by atoms with E-state index in [9.17, 15) is 9.59 Å². The molecule has 0 fully saturated rings. The minimum absolute atomic E-state index is 0.0153. The van der Waals surface area contributed by atoms with Gasteiger partial charge in [0.05, 0.1) is 5.39 Å². The first kappa shape index (κ1) is 12.5. The lowest BCUT2D eigenvalue weighted by Crippen LogP contribution is -2.29. The van der Waals surface area contributed by atoms with Crippen molar-refractivity contribution in [3.8, 4) is 0 Å². The Labute approximate surface area is 114 Å². The van der Waals surface area contributed by atoms with Crippen molar-refractivity contribution < 1.29 is 13.6 Å². The molecule has 3 rings (SSSR count). The number of fused-ring (bicyclic) bond motifs is 2. The number of furan rings is 1. The van der Waals surface area contributed by atoms with Crippen molar-refractivity contribution in [3.05, 3.63) is 46.3 Å². The summed E-state index contributed by atoms with van der Waals surface area (Å²) in [5.41, 5.74) is 0.240. The Morgan fingerprint density at radius 3 is 2.65 bits per heavy atom. The molecule has 0 unspecified atom stereocenters. The van der Waals surface area contributed by atoms with Crippen molar-refractivity contribution in [2.24, 2.45) is 0 Å². The average Bonchev–Trinajstić information content (AvgIpc) is 2.82. The first-order valence-corrected chi connectivity index (χ1v) is 6.32. The molecule has 0 saturated carbocycles. The molecule has 5 heteroatoms. The summed E-state index contributed by atoms with van der Waals surface area (Å²) >= 11 is 0. The van der Waals surface area contributed by atoms with Crippen LogP contribution in [-0.2, 0) is 0 Å². The van der Waals surface area contributed by atoms with Gasteiger partial charge in [-0.2, -0.15) is 0 Å². The minimum atomic E-state index is -0.366. The first-order chi connectivity index (χ1) is 9.56. The van der Waals surface area contributed by atoms with E-state index in [-0.39, 0.29) is 34.3 Å². The zero-order chi connectivity index (χ0) is 14.3. The summed E-state index contributed by atoms with van der Waals surface area (Å²) in [6, 6.07) is 8.31. The van der Waals surface area contributed by atoms with Crippen molar-refractivity contribution in [1.29, 1.82) is 0 Å². The fraction of sp³-hybridized carbons (Fsp3) is 0.200. The molecule has 2 aromatic heterocycles. The van der Waals surface area contributed by atoms with Crippen LogP contribution in [0, 0.1) is 0 Å². The second-order valence-corrected chi connectivity index (χ2v) is 4.87. The molecule has 0 atom stereocenters. The van der Waals surface area contributed by atoms with Crippen LogP contribution in [0.5, 0.6) is 0 Å². The lowest BCUT2D eigenvalue weighted by Gasteiger charge is -2.04. The van der Waals surface area contributed by atoms with Crippen LogP contribution in [-0.4, -0.2) is 11.9 Å². The van der Waals surface area contributed by atoms with Crippen LogP contribution in [0.1, 0.15) is 24.4 Å². The van der Waals surface area contributed by atoms with Crippen LogP contribution in [0.25, 0.3) is 22.1 Å². The van der Waals surface area contributed by atoms with E-state index in [0.29, 0.717) is 11.0 Å². The molecule has 3 aromatic rings. The van der Waals surface area contributed by atoms with Gasteiger partial charge in [0.15, 0.2) is 5.76 Å². The van der Waals surface area contributed by atoms with Crippen LogP contribution >= 0.6 is 0 Å². The Hall–Kier alpha value is -2.56. The summed E-state index contributed by atoms with van der Waals surface area (Å²) < 4.78 is 10.9. The van der Waals surface area contributed by atoms with E-state index in [1.807, 2.05) is 13.8 Å². The summed E-state index contributed by atoms with van der Waals surface area (Å²) in [7, 11) is 0. The smallest absolute Gasteiger partial charge is 0.302 e. The first-order valence-electron chi connectivity index (χ1n) is 6.32. The second kappa shape index (κ2) is 4.52. The molecule has 1 aromatic carbocycles. The summed E-state index contributed by atoms with van der Waals surface area (Å²) in [5, 5.41) is 3.45. The van der Waals surface area contributed by atoms with Gasteiger partial charge < -0.3 is 14.2 Å². The third-order valence-corrected chi connectivity index (χ3v) is 2.92. The van der Waals surface area contributed by atoms with Gasteiger partial charge in [-0.1, -0.05) is 12.1 Å². The van der Waals surface area contributed by atoms with Crippen molar-refractivity contribution in [2.75, 3.05) is 0 Å². The Kier molecular flexibility index (Phi) is 2.82. The molecule has 0 saturated heterocycles. The van der Waals surface area contributed by atoms with Gasteiger partial charge in [0.25, 0.3) is 5.91 Å². The summed E-state index contributed by atoms with van der Waals surface area (Å²) in [6.45, 7) is 3.69. The van der Waals surface area contributed by atoms with E-state index < -0.39 is 0 Å². The van der Waals surface area contributed by atoms with Gasteiger partial charge in [0, 0.05) is 12.1 Å². The molecule has 102 valence electrons. The molecule has 20 heavy (non-hydrogen) atoms. The summed E-state index contributed by atoms with van der Waals surface area (Å²) in [5.74, 6) is -0.220. The maximum Gasteiger partial charge on any atom is 0.302 e. The third kappa shape index (κ3) is 1.97. The number of carbonyl (C=O) groups excluding carboxylic acids is 1. The Balaban J connectivity index is 2.21. The van der Waals surface area contributed by atoms with E-state index in [2.05, 4.69) is 5.32 Å². The van der Waals surface area contributed by atoms with Gasteiger partial charge in [-0.25, -0.2) is 0 Å². The van der Waals surface area contributed by atoms with Crippen molar-refractivity contribution in [3.63, 3.8) is 0 Å². The van der Waals surface area contributed by atoms with Gasteiger partial charge in [-0.15, -0.1) is 0 Å². The number of carbonyl (C=O) groups is 1. The molecule has 1 N–H and O–H groups in total. The second-order valence-electron chi connectivity index (χ2n) is 4.87. The van der Waals surface area contributed by atoms with E-state index in [1.54, 1.807) is 24.3 Å². The molecule has 1 amide bonds. The monoisotopic (exact) mass is 271 g/mol. The molecule has 0 aliphatic heterocycles. The van der Waals surface area contributed by atoms with Gasteiger partial charge in [-0.05, 0) is 26.0 Å². The summed E-state index contributed by atoms with van der Waals surface area (Å²) in [6.07, 6.45) is 0. The van der Waals surface area contributed by atoms with Gasteiger partial charge >= 0.3 is 5.78 Å². The topological polar surface area (TPSA) is 72.5 Å². The number of para-hydroxylation sites is 1. The zero-order valence-electron chi connectivity index (χ0n) is 11.1.